The summed E-state index contributed by atoms with van der Waals surface area (Å²) in [6.45, 7) is 12.3. The highest BCUT2D eigenvalue weighted by atomic mass is 35.5. The van der Waals surface area contributed by atoms with E-state index >= 15 is 0 Å². The zero-order valence-corrected chi connectivity index (χ0v) is 18.4. The zero-order valence-electron chi connectivity index (χ0n) is 17.6. The number of benzene rings is 2. The van der Waals surface area contributed by atoms with Crippen molar-refractivity contribution in [2.24, 2.45) is 4.99 Å². The molecule has 0 spiro atoms. The number of rotatable bonds is 2. The number of esters is 1. The van der Waals surface area contributed by atoms with Crippen molar-refractivity contribution in [3.63, 3.8) is 0 Å². The van der Waals surface area contributed by atoms with E-state index in [1.54, 1.807) is 30.3 Å². The summed E-state index contributed by atoms with van der Waals surface area (Å²) in [5.41, 5.74) is 2.77. The first-order valence-electron chi connectivity index (χ1n) is 9.53. The molecule has 1 aliphatic heterocycles. The Morgan fingerprint density at radius 2 is 1.59 bits per heavy atom. The molecule has 0 unspecified atom stereocenters. The zero-order chi connectivity index (χ0) is 21.6. The van der Waals surface area contributed by atoms with Gasteiger partial charge in [-0.05, 0) is 52.8 Å². The van der Waals surface area contributed by atoms with Crippen LogP contribution in [0.25, 0.3) is 6.08 Å². The number of halogens is 1. The Morgan fingerprint density at radius 3 is 2.10 bits per heavy atom. The smallest absolute Gasteiger partial charge is 0.363 e. The first-order chi connectivity index (χ1) is 13.4. The van der Waals surface area contributed by atoms with Crippen molar-refractivity contribution < 1.29 is 14.6 Å². The highest BCUT2D eigenvalue weighted by Gasteiger charge is 2.28. The molecular formula is C24H26ClNO3. The van der Waals surface area contributed by atoms with Gasteiger partial charge in [0.25, 0.3) is 0 Å². The summed E-state index contributed by atoms with van der Waals surface area (Å²) in [5, 5.41) is 11.4. The number of nitrogens with zero attached hydrogens (tertiary/aromatic N) is 1. The quantitative estimate of drug-likeness (QED) is 0.488. The molecule has 1 heterocycles. The van der Waals surface area contributed by atoms with E-state index < -0.39 is 5.97 Å². The number of hydrogen-bond donors (Lipinski definition) is 1. The van der Waals surface area contributed by atoms with Crippen molar-refractivity contribution in [3.05, 3.63) is 69.4 Å². The van der Waals surface area contributed by atoms with E-state index in [1.807, 2.05) is 53.7 Å². The van der Waals surface area contributed by atoms with Gasteiger partial charge in [0.1, 0.15) is 5.75 Å². The minimum Gasteiger partial charge on any atom is -0.507 e. The van der Waals surface area contributed by atoms with Crippen LogP contribution in [0.4, 0.5) is 0 Å². The van der Waals surface area contributed by atoms with Crippen LogP contribution < -0.4 is 0 Å². The summed E-state index contributed by atoms with van der Waals surface area (Å²) in [6.07, 6.45) is 1.70. The van der Waals surface area contributed by atoms with E-state index in [1.165, 1.54) is 0 Å². The Kier molecular flexibility index (Phi) is 5.35. The maximum Gasteiger partial charge on any atom is 0.363 e. The van der Waals surface area contributed by atoms with Gasteiger partial charge in [0, 0.05) is 21.7 Å². The highest BCUT2D eigenvalue weighted by Crippen LogP contribution is 2.40. The lowest BCUT2D eigenvalue weighted by atomic mass is 9.78. The standard InChI is InChI=1S/C24H26ClNO3/c1-23(2,3)17-10-14(11-18(20(17)27)24(4,5)6)12-19-22(28)29-21(26-19)15-8-7-9-16(25)13-15/h7-13,27H,1-6H3/b19-12+. The third-order valence-electron chi connectivity index (χ3n) is 4.74. The Balaban J connectivity index is 2.11. The third kappa shape index (κ3) is 4.54. The van der Waals surface area contributed by atoms with E-state index in [-0.39, 0.29) is 22.4 Å². The molecule has 0 amide bonds. The second-order valence-corrected chi connectivity index (χ2v) is 9.75. The Hall–Kier alpha value is -2.59. The lowest BCUT2D eigenvalue weighted by molar-refractivity contribution is -0.129. The van der Waals surface area contributed by atoms with Crippen LogP contribution in [0.2, 0.25) is 5.02 Å². The fraction of sp³-hybridized carbons (Fsp3) is 0.333. The average molecular weight is 412 g/mol. The second kappa shape index (κ2) is 7.34. The highest BCUT2D eigenvalue weighted by molar-refractivity contribution is 6.31. The van der Waals surface area contributed by atoms with Crippen molar-refractivity contribution in [1.29, 1.82) is 0 Å². The van der Waals surface area contributed by atoms with Crippen molar-refractivity contribution in [2.45, 2.75) is 52.4 Å². The van der Waals surface area contributed by atoms with E-state index in [9.17, 15) is 9.90 Å². The molecule has 3 rings (SSSR count). The van der Waals surface area contributed by atoms with Gasteiger partial charge in [-0.1, -0.05) is 59.2 Å². The maximum atomic E-state index is 12.4. The van der Waals surface area contributed by atoms with E-state index in [4.69, 9.17) is 16.3 Å². The van der Waals surface area contributed by atoms with Gasteiger partial charge in [0.15, 0.2) is 5.70 Å². The normalized spacial score (nSPS) is 16.2. The summed E-state index contributed by atoms with van der Waals surface area (Å²) >= 11 is 6.03. The van der Waals surface area contributed by atoms with Gasteiger partial charge in [-0.2, -0.15) is 0 Å². The van der Waals surface area contributed by atoms with Crippen LogP contribution in [0.3, 0.4) is 0 Å². The predicted octanol–water partition coefficient (Wildman–Crippen LogP) is 5.99. The summed E-state index contributed by atoms with van der Waals surface area (Å²) < 4.78 is 5.34. The topological polar surface area (TPSA) is 58.9 Å². The van der Waals surface area contributed by atoms with Gasteiger partial charge in [-0.15, -0.1) is 0 Å². The Labute approximate surface area is 176 Å². The second-order valence-electron chi connectivity index (χ2n) is 9.31. The Morgan fingerprint density at radius 1 is 1.00 bits per heavy atom. The largest absolute Gasteiger partial charge is 0.507 e. The molecular weight excluding hydrogens is 386 g/mol. The van der Waals surface area contributed by atoms with E-state index in [2.05, 4.69) is 4.99 Å². The third-order valence-corrected chi connectivity index (χ3v) is 4.98. The molecule has 0 saturated carbocycles. The van der Waals surface area contributed by atoms with Gasteiger partial charge in [-0.3, -0.25) is 0 Å². The summed E-state index contributed by atoms with van der Waals surface area (Å²) in [7, 11) is 0. The molecule has 0 bridgehead atoms. The number of carbonyl (C=O) groups is 1. The average Bonchev–Trinajstić information content (AvgIpc) is 2.95. The molecule has 4 nitrogen and oxygen atoms in total. The fourth-order valence-electron chi connectivity index (χ4n) is 3.20. The SMILES string of the molecule is CC(C)(C)c1cc(/C=C2/N=C(c3cccc(Cl)c3)OC2=O)cc(C(C)(C)C)c1O. The van der Waals surface area contributed by atoms with Crippen molar-refractivity contribution >= 4 is 29.5 Å². The van der Waals surface area contributed by atoms with Crippen LogP contribution in [-0.2, 0) is 20.4 Å². The van der Waals surface area contributed by atoms with E-state index in [0.717, 1.165) is 16.7 Å². The molecule has 0 aromatic heterocycles. The van der Waals surface area contributed by atoms with Gasteiger partial charge in [-0.25, -0.2) is 9.79 Å². The summed E-state index contributed by atoms with van der Waals surface area (Å²) in [4.78, 5) is 16.8. The number of phenols is 1. The first-order valence-corrected chi connectivity index (χ1v) is 9.90. The minimum atomic E-state index is -0.511. The molecule has 5 heteroatoms. The Bertz CT molecular complexity index is 1000. The molecule has 0 atom stereocenters. The van der Waals surface area contributed by atoms with Crippen LogP contribution >= 0.6 is 11.6 Å². The monoisotopic (exact) mass is 411 g/mol. The van der Waals surface area contributed by atoms with Crippen molar-refractivity contribution in [3.8, 4) is 5.75 Å². The summed E-state index contributed by atoms with van der Waals surface area (Å²) in [5.74, 6) is 0.0153. The summed E-state index contributed by atoms with van der Waals surface area (Å²) in [6, 6.07) is 10.8. The number of ether oxygens (including phenoxy) is 1. The number of hydrogen-bond acceptors (Lipinski definition) is 4. The van der Waals surface area contributed by atoms with Crippen molar-refractivity contribution in [1.82, 2.24) is 0 Å². The lowest BCUT2D eigenvalue weighted by Crippen LogP contribution is -2.17. The van der Waals surface area contributed by atoms with Gasteiger partial charge >= 0.3 is 5.97 Å². The van der Waals surface area contributed by atoms with Gasteiger partial charge in [0.2, 0.25) is 5.90 Å². The molecule has 0 aliphatic carbocycles. The minimum absolute atomic E-state index is 0.213. The number of aromatic hydroxyl groups is 1. The molecule has 29 heavy (non-hydrogen) atoms. The molecule has 1 aliphatic rings. The molecule has 0 radical (unpaired) electrons. The lowest BCUT2D eigenvalue weighted by Gasteiger charge is -2.27. The molecule has 1 N–H and O–H groups in total. The number of carbonyl (C=O) groups excluding carboxylic acids is 1. The number of phenolic OH excluding ortho intramolecular Hbond substituents is 1. The van der Waals surface area contributed by atoms with Crippen LogP contribution in [0.15, 0.2) is 47.1 Å². The first kappa shape index (κ1) is 21.1. The molecule has 2 aromatic rings. The molecule has 2 aromatic carbocycles. The van der Waals surface area contributed by atoms with E-state index in [0.29, 0.717) is 16.3 Å². The molecule has 0 saturated heterocycles. The van der Waals surface area contributed by atoms with Crippen LogP contribution in [-0.4, -0.2) is 17.0 Å². The van der Waals surface area contributed by atoms with Crippen LogP contribution in [0.5, 0.6) is 5.75 Å². The number of aliphatic imine (C=N–C) groups is 1. The van der Waals surface area contributed by atoms with Crippen LogP contribution in [0, 0.1) is 0 Å². The van der Waals surface area contributed by atoms with Gasteiger partial charge in [0.05, 0.1) is 0 Å². The fourth-order valence-corrected chi connectivity index (χ4v) is 3.39. The maximum absolute atomic E-state index is 12.4. The van der Waals surface area contributed by atoms with Crippen molar-refractivity contribution in [2.75, 3.05) is 0 Å². The number of cyclic esters (lactones) is 1. The van der Waals surface area contributed by atoms with Gasteiger partial charge < -0.3 is 9.84 Å². The molecule has 152 valence electrons. The molecule has 0 fully saturated rings. The van der Waals surface area contributed by atoms with Crippen LogP contribution in [0.1, 0.15) is 63.8 Å². The predicted molar refractivity (Wildman–Crippen MR) is 118 cm³/mol.